The maximum Gasteiger partial charge on any atom is 0.0487 e. The van der Waals surface area contributed by atoms with Crippen LogP contribution >= 0.6 is 0 Å². The highest BCUT2D eigenvalue weighted by molar-refractivity contribution is 5.84. The molecule has 5 rings (SSSR count). The lowest BCUT2D eigenvalue weighted by Gasteiger charge is -2.29. The Balaban J connectivity index is 1.62. The fraction of sp³-hybridized carbons (Fsp3) is 0.200. The van der Waals surface area contributed by atoms with Crippen molar-refractivity contribution in [1.29, 1.82) is 0 Å². The van der Waals surface area contributed by atoms with E-state index in [9.17, 15) is 0 Å². The van der Waals surface area contributed by atoms with Crippen LogP contribution in [0.3, 0.4) is 0 Å². The van der Waals surface area contributed by atoms with E-state index in [1.54, 1.807) is 0 Å². The van der Waals surface area contributed by atoms with Gasteiger partial charge in [0, 0.05) is 23.3 Å². The summed E-state index contributed by atoms with van der Waals surface area (Å²) in [5.74, 6) is 0. The molecule has 0 amide bonds. The Hall–Kier alpha value is -3.84. The van der Waals surface area contributed by atoms with Crippen LogP contribution in [0.2, 0.25) is 0 Å². The van der Waals surface area contributed by atoms with Gasteiger partial charge in [-0.2, -0.15) is 0 Å². The number of aryl methyl sites for hydroxylation is 1. The summed E-state index contributed by atoms with van der Waals surface area (Å²) < 4.78 is 0. The molecule has 180 valence electrons. The van der Waals surface area contributed by atoms with Crippen molar-refractivity contribution in [2.75, 3.05) is 11.4 Å². The number of rotatable bonds is 7. The van der Waals surface area contributed by atoms with E-state index in [2.05, 4.69) is 148 Å². The van der Waals surface area contributed by atoms with Gasteiger partial charge in [-0.1, -0.05) is 117 Å². The first-order valence-corrected chi connectivity index (χ1v) is 13.0. The standard InChI is InChI=1S/C35H35N/c1-5-6-8-15-28(27-13-9-7-10-14-27)25-36(29-20-18-26(2)19-21-29)30-22-23-32-31-16-11-12-17-33(31)35(3,4)34(32)24-30/h6-24H,5,25H2,1-4H3/b8-6-,28-15+. The second-order valence-electron chi connectivity index (χ2n) is 10.2. The van der Waals surface area contributed by atoms with Gasteiger partial charge in [-0.25, -0.2) is 0 Å². The SMILES string of the molecule is CC/C=C\C=C(/CN(c1ccc(C)cc1)c1ccc2c(c1)C(C)(C)c1ccccc1-2)c1ccccc1. The lowest BCUT2D eigenvalue weighted by molar-refractivity contribution is 0.660. The van der Waals surface area contributed by atoms with Gasteiger partial charge in [-0.3, -0.25) is 0 Å². The first-order valence-electron chi connectivity index (χ1n) is 13.0. The zero-order valence-electron chi connectivity index (χ0n) is 21.8. The molecule has 0 fully saturated rings. The largest absolute Gasteiger partial charge is 0.337 e. The number of anilines is 2. The van der Waals surface area contributed by atoms with Crippen LogP contribution in [0.1, 0.15) is 49.4 Å². The Labute approximate surface area is 216 Å². The van der Waals surface area contributed by atoms with Crippen LogP contribution in [0.4, 0.5) is 11.4 Å². The predicted molar refractivity (Wildman–Crippen MR) is 156 cm³/mol. The summed E-state index contributed by atoms with van der Waals surface area (Å²) >= 11 is 0. The van der Waals surface area contributed by atoms with Crippen molar-refractivity contribution in [1.82, 2.24) is 0 Å². The first kappa shape index (κ1) is 23.9. The molecule has 1 nitrogen and oxygen atoms in total. The van der Waals surface area contributed by atoms with E-state index in [1.807, 2.05) is 0 Å². The molecule has 0 radical (unpaired) electrons. The number of hydrogen-bond donors (Lipinski definition) is 0. The molecule has 4 aromatic carbocycles. The van der Waals surface area contributed by atoms with Crippen molar-refractivity contribution < 1.29 is 0 Å². The second-order valence-corrected chi connectivity index (χ2v) is 10.2. The lowest BCUT2D eigenvalue weighted by atomic mass is 9.82. The number of hydrogen-bond acceptors (Lipinski definition) is 1. The van der Waals surface area contributed by atoms with E-state index in [1.165, 1.54) is 50.3 Å². The molecular weight excluding hydrogens is 434 g/mol. The average Bonchev–Trinajstić information content (AvgIpc) is 3.14. The number of benzene rings is 4. The zero-order chi connectivity index (χ0) is 25.1. The lowest BCUT2D eigenvalue weighted by Crippen LogP contribution is -2.21. The minimum atomic E-state index is -0.0250. The molecule has 0 heterocycles. The van der Waals surface area contributed by atoms with Gasteiger partial charge in [0.2, 0.25) is 0 Å². The van der Waals surface area contributed by atoms with Gasteiger partial charge in [-0.05, 0) is 71.0 Å². The van der Waals surface area contributed by atoms with E-state index in [0.717, 1.165) is 13.0 Å². The molecule has 1 aliphatic rings. The Kier molecular flexibility index (Phi) is 6.65. The molecule has 1 heteroatoms. The third-order valence-electron chi connectivity index (χ3n) is 7.37. The maximum absolute atomic E-state index is 2.46. The molecule has 0 atom stereocenters. The first-order chi connectivity index (χ1) is 17.5. The zero-order valence-corrected chi connectivity index (χ0v) is 21.8. The summed E-state index contributed by atoms with van der Waals surface area (Å²) in [6.07, 6.45) is 7.71. The third kappa shape index (κ3) is 4.54. The van der Waals surface area contributed by atoms with Crippen molar-refractivity contribution in [2.45, 2.75) is 39.5 Å². The quantitative estimate of drug-likeness (QED) is 0.244. The van der Waals surface area contributed by atoms with E-state index in [-0.39, 0.29) is 5.41 Å². The predicted octanol–water partition coefficient (Wildman–Crippen LogP) is 9.49. The Morgan fingerprint density at radius 3 is 2.17 bits per heavy atom. The molecule has 0 bridgehead atoms. The van der Waals surface area contributed by atoms with Crippen LogP contribution in [0.15, 0.2) is 115 Å². The minimum absolute atomic E-state index is 0.0250. The summed E-state index contributed by atoms with van der Waals surface area (Å²) in [4.78, 5) is 2.46. The molecule has 0 aromatic heterocycles. The van der Waals surface area contributed by atoms with E-state index >= 15 is 0 Å². The highest BCUT2D eigenvalue weighted by Gasteiger charge is 2.35. The van der Waals surface area contributed by atoms with Gasteiger partial charge in [0.15, 0.2) is 0 Å². The molecule has 0 unspecified atom stereocenters. The maximum atomic E-state index is 2.46. The summed E-state index contributed by atoms with van der Waals surface area (Å²) in [5.41, 5.74) is 11.7. The van der Waals surface area contributed by atoms with Crippen LogP contribution < -0.4 is 4.90 Å². The molecule has 0 saturated heterocycles. The Morgan fingerprint density at radius 2 is 1.42 bits per heavy atom. The van der Waals surface area contributed by atoms with Crippen molar-refractivity contribution in [2.24, 2.45) is 0 Å². The molecule has 1 aliphatic carbocycles. The molecule has 0 saturated carbocycles. The summed E-state index contributed by atoms with van der Waals surface area (Å²) in [5, 5.41) is 0. The molecule has 0 N–H and O–H groups in total. The van der Waals surface area contributed by atoms with Gasteiger partial charge >= 0.3 is 0 Å². The normalized spacial score (nSPS) is 14.1. The minimum Gasteiger partial charge on any atom is -0.337 e. The summed E-state index contributed by atoms with van der Waals surface area (Å²) in [6.45, 7) is 9.81. The molecular formula is C35H35N. The van der Waals surface area contributed by atoms with Gasteiger partial charge in [0.05, 0.1) is 0 Å². The van der Waals surface area contributed by atoms with Crippen molar-refractivity contribution in [3.63, 3.8) is 0 Å². The van der Waals surface area contributed by atoms with Gasteiger partial charge in [0.1, 0.15) is 0 Å². The van der Waals surface area contributed by atoms with Gasteiger partial charge in [0.25, 0.3) is 0 Å². The third-order valence-corrected chi connectivity index (χ3v) is 7.37. The highest BCUT2D eigenvalue weighted by atomic mass is 15.1. The van der Waals surface area contributed by atoms with E-state index < -0.39 is 0 Å². The van der Waals surface area contributed by atoms with Crippen LogP contribution in [0.5, 0.6) is 0 Å². The fourth-order valence-electron chi connectivity index (χ4n) is 5.30. The smallest absolute Gasteiger partial charge is 0.0487 e. The number of fused-ring (bicyclic) bond motifs is 3. The topological polar surface area (TPSA) is 3.24 Å². The number of nitrogens with zero attached hydrogens (tertiary/aromatic N) is 1. The molecule has 4 aromatic rings. The fourth-order valence-corrected chi connectivity index (χ4v) is 5.30. The molecule has 0 spiro atoms. The van der Waals surface area contributed by atoms with Crippen molar-refractivity contribution in [3.8, 4) is 11.1 Å². The summed E-state index contributed by atoms with van der Waals surface area (Å²) in [7, 11) is 0. The summed E-state index contributed by atoms with van der Waals surface area (Å²) in [6, 6.07) is 35.5. The Bertz CT molecular complexity index is 1400. The second kappa shape index (κ2) is 10.0. The highest BCUT2D eigenvalue weighted by Crippen LogP contribution is 2.50. The van der Waals surface area contributed by atoms with Crippen LogP contribution in [-0.2, 0) is 5.41 Å². The molecule has 36 heavy (non-hydrogen) atoms. The van der Waals surface area contributed by atoms with E-state index in [0.29, 0.717) is 0 Å². The van der Waals surface area contributed by atoms with Crippen molar-refractivity contribution in [3.05, 3.63) is 138 Å². The van der Waals surface area contributed by atoms with Crippen molar-refractivity contribution >= 4 is 16.9 Å². The monoisotopic (exact) mass is 469 g/mol. The van der Waals surface area contributed by atoms with Crippen LogP contribution in [0.25, 0.3) is 16.7 Å². The molecule has 0 aliphatic heterocycles. The van der Waals surface area contributed by atoms with Gasteiger partial charge < -0.3 is 4.90 Å². The Morgan fingerprint density at radius 1 is 0.750 bits per heavy atom. The average molecular weight is 470 g/mol. The van der Waals surface area contributed by atoms with E-state index in [4.69, 9.17) is 0 Å². The van der Waals surface area contributed by atoms with Crippen LogP contribution in [-0.4, -0.2) is 6.54 Å². The van der Waals surface area contributed by atoms with Gasteiger partial charge in [-0.15, -0.1) is 0 Å². The van der Waals surface area contributed by atoms with Crippen LogP contribution in [0, 0.1) is 6.92 Å². The number of allylic oxidation sites excluding steroid dienone is 3.